The summed E-state index contributed by atoms with van der Waals surface area (Å²) in [5.74, 6) is -0.479. The number of fused-ring (bicyclic) bond motifs is 1. The molecule has 1 aromatic carbocycles. The van der Waals surface area contributed by atoms with Crippen LogP contribution in [0.3, 0.4) is 0 Å². The Labute approximate surface area is 97.8 Å². The van der Waals surface area contributed by atoms with Gasteiger partial charge in [0.1, 0.15) is 5.69 Å². The molecule has 0 saturated carbocycles. The first-order valence-electron chi connectivity index (χ1n) is 5.26. The minimum atomic E-state index is -0.479. The van der Waals surface area contributed by atoms with E-state index in [1.54, 1.807) is 6.92 Å². The number of benzene rings is 1. The summed E-state index contributed by atoms with van der Waals surface area (Å²) in [6, 6.07) is 7.33. The van der Waals surface area contributed by atoms with Gasteiger partial charge in [-0.15, -0.1) is 0 Å². The average molecular weight is 232 g/mol. The Morgan fingerprint density at radius 3 is 2.94 bits per heavy atom. The first-order chi connectivity index (χ1) is 8.27. The predicted octanol–water partition coefficient (Wildman–Crippen LogP) is 1.91. The molecule has 2 N–H and O–H groups in total. The summed E-state index contributed by atoms with van der Waals surface area (Å²) in [4.78, 5) is 25.2. The lowest BCUT2D eigenvalue weighted by Crippen LogP contribution is -2.08. The lowest BCUT2D eigenvalue weighted by atomic mass is 10.2. The van der Waals surface area contributed by atoms with Crippen molar-refractivity contribution in [2.45, 2.75) is 6.92 Å². The minimum absolute atomic E-state index is 0.264. The lowest BCUT2D eigenvalue weighted by Gasteiger charge is -2.02. The molecule has 1 heterocycles. The Morgan fingerprint density at radius 2 is 2.24 bits per heavy atom. The van der Waals surface area contributed by atoms with Crippen molar-refractivity contribution in [1.82, 2.24) is 4.98 Å². The van der Waals surface area contributed by atoms with Gasteiger partial charge in [0, 0.05) is 10.9 Å². The zero-order valence-corrected chi connectivity index (χ0v) is 9.32. The number of H-pyrrole nitrogens is 1. The number of rotatable bonds is 4. The molecule has 0 bridgehead atoms. The highest BCUT2D eigenvalue weighted by atomic mass is 16.5. The molecule has 2 rings (SSSR count). The molecule has 1 amide bonds. The van der Waals surface area contributed by atoms with Gasteiger partial charge in [0.2, 0.25) is 6.41 Å². The molecule has 88 valence electrons. The monoisotopic (exact) mass is 232 g/mol. The van der Waals surface area contributed by atoms with Gasteiger partial charge in [-0.3, -0.25) is 4.79 Å². The van der Waals surface area contributed by atoms with Gasteiger partial charge in [-0.25, -0.2) is 4.79 Å². The minimum Gasteiger partial charge on any atom is -0.461 e. The molecule has 17 heavy (non-hydrogen) atoms. The van der Waals surface area contributed by atoms with E-state index < -0.39 is 5.97 Å². The maximum atomic E-state index is 11.7. The van der Waals surface area contributed by atoms with Gasteiger partial charge >= 0.3 is 5.97 Å². The number of anilines is 1. The fourth-order valence-corrected chi connectivity index (χ4v) is 1.71. The topological polar surface area (TPSA) is 71.2 Å². The van der Waals surface area contributed by atoms with Crippen LogP contribution in [0.15, 0.2) is 24.3 Å². The van der Waals surface area contributed by atoms with Gasteiger partial charge in [-0.1, -0.05) is 18.2 Å². The molecular formula is C12H12N2O3. The van der Waals surface area contributed by atoms with Crippen LogP contribution in [0, 0.1) is 0 Å². The van der Waals surface area contributed by atoms with Gasteiger partial charge in [0.15, 0.2) is 0 Å². The third-order valence-corrected chi connectivity index (χ3v) is 2.39. The van der Waals surface area contributed by atoms with Crippen LogP contribution in [0.5, 0.6) is 0 Å². The number of hydrogen-bond acceptors (Lipinski definition) is 3. The Balaban J connectivity index is 2.56. The molecule has 5 nitrogen and oxygen atoms in total. The maximum absolute atomic E-state index is 11.7. The highest BCUT2D eigenvalue weighted by Crippen LogP contribution is 2.27. The zero-order chi connectivity index (χ0) is 12.3. The van der Waals surface area contributed by atoms with Crippen LogP contribution in [-0.2, 0) is 9.53 Å². The van der Waals surface area contributed by atoms with Crippen molar-refractivity contribution in [2.75, 3.05) is 11.9 Å². The average Bonchev–Trinajstić information content (AvgIpc) is 2.70. The van der Waals surface area contributed by atoms with Crippen LogP contribution >= 0.6 is 0 Å². The first kappa shape index (κ1) is 11.2. The zero-order valence-electron chi connectivity index (χ0n) is 9.32. The number of amides is 1. The van der Waals surface area contributed by atoms with Crippen molar-refractivity contribution >= 4 is 29.0 Å². The summed E-state index contributed by atoms with van der Waals surface area (Å²) in [6.45, 7) is 2.02. The third-order valence-electron chi connectivity index (χ3n) is 2.39. The number of carbonyl (C=O) groups excluding carboxylic acids is 2. The van der Waals surface area contributed by atoms with Crippen LogP contribution in [0.4, 0.5) is 5.69 Å². The van der Waals surface area contributed by atoms with E-state index in [-0.39, 0.29) is 12.3 Å². The predicted molar refractivity (Wildman–Crippen MR) is 63.9 cm³/mol. The van der Waals surface area contributed by atoms with Crippen LogP contribution in [0.25, 0.3) is 10.9 Å². The molecular weight excluding hydrogens is 220 g/mol. The first-order valence-corrected chi connectivity index (χ1v) is 5.26. The van der Waals surface area contributed by atoms with Crippen LogP contribution in [-0.4, -0.2) is 24.0 Å². The van der Waals surface area contributed by atoms with E-state index in [1.165, 1.54) is 0 Å². The molecule has 5 heteroatoms. The van der Waals surface area contributed by atoms with E-state index in [9.17, 15) is 9.59 Å². The number of hydrogen-bond donors (Lipinski definition) is 2. The number of aromatic amines is 1. The summed E-state index contributed by atoms with van der Waals surface area (Å²) in [6.07, 6.45) is 0.540. The summed E-state index contributed by atoms with van der Waals surface area (Å²) in [5, 5.41) is 3.31. The molecule has 0 unspecified atom stereocenters. The van der Waals surface area contributed by atoms with E-state index in [0.29, 0.717) is 12.1 Å². The van der Waals surface area contributed by atoms with E-state index in [1.807, 2.05) is 24.3 Å². The molecule has 0 radical (unpaired) electrons. The van der Waals surface area contributed by atoms with Crippen molar-refractivity contribution in [3.8, 4) is 0 Å². The van der Waals surface area contributed by atoms with Gasteiger partial charge < -0.3 is 15.0 Å². The summed E-state index contributed by atoms with van der Waals surface area (Å²) >= 11 is 0. The van der Waals surface area contributed by atoms with Gasteiger partial charge in [0.05, 0.1) is 12.3 Å². The van der Waals surface area contributed by atoms with Gasteiger partial charge in [-0.05, 0) is 13.0 Å². The standard InChI is InChI=1S/C12H12N2O3/c1-2-17-12(16)11-10(13-7-15)8-5-3-4-6-9(8)14-11/h3-7,14H,2H2,1H3,(H,13,15). The highest BCUT2D eigenvalue weighted by Gasteiger charge is 2.18. The highest BCUT2D eigenvalue weighted by molar-refractivity contribution is 6.08. The number of nitrogens with one attached hydrogen (secondary N) is 2. The number of para-hydroxylation sites is 1. The quantitative estimate of drug-likeness (QED) is 0.624. The van der Waals surface area contributed by atoms with Crippen molar-refractivity contribution in [2.24, 2.45) is 0 Å². The molecule has 0 fully saturated rings. The molecule has 0 spiro atoms. The molecule has 0 atom stereocenters. The Kier molecular flexibility index (Phi) is 3.09. The van der Waals surface area contributed by atoms with E-state index >= 15 is 0 Å². The second-order valence-corrected chi connectivity index (χ2v) is 3.40. The maximum Gasteiger partial charge on any atom is 0.356 e. The Hall–Kier alpha value is -2.30. The number of esters is 1. The normalized spacial score (nSPS) is 10.2. The van der Waals surface area contributed by atoms with Crippen LogP contribution in [0.2, 0.25) is 0 Å². The van der Waals surface area contributed by atoms with Crippen molar-refractivity contribution in [1.29, 1.82) is 0 Å². The lowest BCUT2D eigenvalue weighted by molar-refractivity contribution is -0.105. The summed E-state index contributed by atoms with van der Waals surface area (Å²) < 4.78 is 4.92. The second kappa shape index (κ2) is 4.69. The van der Waals surface area contributed by atoms with Crippen molar-refractivity contribution in [3.63, 3.8) is 0 Å². The van der Waals surface area contributed by atoms with Crippen LogP contribution in [0.1, 0.15) is 17.4 Å². The van der Waals surface area contributed by atoms with E-state index in [4.69, 9.17) is 4.74 Å². The molecule has 1 aromatic heterocycles. The van der Waals surface area contributed by atoms with E-state index in [0.717, 1.165) is 10.9 Å². The van der Waals surface area contributed by atoms with Crippen molar-refractivity contribution < 1.29 is 14.3 Å². The van der Waals surface area contributed by atoms with Gasteiger partial charge in [0.25, 0.3) is 0 Å². The smallest absolute Gasteiger partial charge is 0.356 e. The second-order valence-electron chi connectivity index (χ2n) is 3.40. The fraction of sp³-hybridized carbons (Fsp3) is 0.167. The largest absolute Gasteiger partial charge is 0.461 e. The van der Waals surface area contributed by atoms with Crippen molar-refractivity contribution in [3.05, 3.63) is 30.0 Å². The van der Waals surface area contributed by atoms with Gasteiger partial charge in [-0.2, -0.15) is 0 Å². The van der Waals surface area contributed by atoms with E-state index in [2.05, 4.69) is 10.3 Å². The Morgan fingerprint density at radius 1 is 1.47 bits per heavy atom. The summed E-state index contributed by atoms with van der Waals surface area (Å²) in [7, 11) is 0. The number of ether oxygens (including phenoxy) is 1. The van der Waals surface area contributed by atoms with Crippen LogP contribution < -0.4 is 5.32 Å². The molecule has 0 aliphatic heterocycles. The molecule has 0 aliphatic carbocycles. The molecule has 2 aromatic rings. The number of carbonyl (C=O) groups is 2. The Bertz CT molecular complexity index is 560. The third kappa shape index (κ3) is 1.99. The summed E-state index contributed by atoms with van der Waals surface area (Å²) in [5.41, 5.74) is 1.49. The SMILES string of the molecule is CCOC(=O)c1[nH]c2ccccc2c1NC=O. The molecule has 0 saturated heterocycles. The number of aromatic nitrogens is 1. The molecule has 0 aliphatic rings. The fourth-order valence-electron chi connectivity index (χ4n) is 1.71.